The minimum Gasteiger partial charge on any atom is -0.292 e. The zero-order chi connectivity index (χ0) is 7.07. The summed E-state index contributed by atoms with van der Waals surface area (Å²) in [5.41, 5.74) is 1.27. The summed E-state index contributed by atoms with van der Waals surface area (Å²) < 4.78 is 0. The van der Waals surface area contributed by atoms with E-state index in [-0.39, 0.29) is 10.8 Å². The van der Waals surface area contributed by atoms with Gasteiger partial charge in [-0.25, -0.2) is 0 Å². The first kappa shape index (κ1) is 7.07. The molecule has 0 bridgehead atoms. The van der Waals surface area contributed by atoms with E-state index in [4.69, 9.17) is 11.6 Å². The molecule has 0 spiro atoms. The van der Waals surface area contributed by atoms with E-state index in [0.717, 1.165) is 12.3 Å². The summed E-state index contributed by atoms with van der Waals surface area (Å²) in [6, 6.07) is 0. The molecule has 1 atom stereocenters. The standard InChI is InChI=1S/C7H12ClN/c1-5-6(8)7(2,3)4-9-5/h6H,4H2,1-3H3. The van der Waals surface area contributed by atoms with E-state index in [1.807, 2.05) is 6.92 Å². The van der Waals surface area contributed by atoms with Crippen LogP contribution in [0.5, 0.6) is 0 Å². The number of aliphatic imine (C=N–C) groups is 1. The van der Waals surface area contributed by atoms with Gasteiger partial charge in [-0.15, -0.1) is 11.6 Å². The number of alkyl halides is 1. The average Bonchev–Trinajstić information content (AvgIpc) is 1.97. The molecule has 0 fully saturated rings. The smallest absolute Gasteiger partial charge is 0.0779 e. The molecule has 1 heterocycles. The lowest BCUT2D eigenvalue weighted by atomic mass is 9.90. The highest BCUT2D eigenvalue weighted by molar-refractivity contribution is 6.32. The van der Waals surface area contributed by atoms with Gasteiger partial charge in [0.25, 0.3) is 0 Å². The van der Waals surface area contributed by atoms with Crippen molar-refractivity contribution in [2.45, 2.75) is 26.1 Å². The van der Waals surface area contributed by atoms with Crippen LogP contribution >= 0.6 is 11.6 Å². The molecule has 1 rings (SSSR count). The van der Waals surface area contributed by atoms with Crippen LogP contribution in [0, 0.1) is 5.41 Å². The van der Waals surface area contributed by atoms with Gasteiger partial charge in [0.15, 0.2) is 0 Å². The van der Waals surface area contributed by atoms with Gasteiger partial charge in [0.2, 0.25) is 0 Å². The fraction of sp³-hybridized carbons (Fsp3) is 0.857. The van der Waals surface area contributed by atoms with Crippen molar-refractivity contribution in [3.8, 4) is 0 Å². The summed E-state index contributed by atoms with van der Waals surface area (Å²) in [5.74, 6) is 0. The Morgan fingerprint density at radius 2 is 2.22 bits per heavy atom. The number of hydrogen-bond donors (Lipinski definition) is 0. The van der Waals surface area contributed by atoms with Crippen molar-refractivity contribution >= 4 is 17.3 Å². The highest BCUT2D eigenvalue weighted by Gasteiger charge is 2.34. The van der Waals surface area contributed by atoms with E-state index in [1.54, 1.807) is 0 Å². The lowest BCUT2D eigenvalue weighted by Crippen LogP contribution is -2.26. The molecule has 0 aliphatic carbocycles. The Kier molecular flexibility index (Phi) is 1.55. The van der Waals surface area contributed by atoms with Gasteiger partial charge in [-0.1, -0.05) is 13.8 Å². The second kappa shape index (κ2) is 1.98. The highest BCUT2D eigenvalue weighted by atomic mass is 35.5. The van der Waals surface area contributed by atoms with Gasteiger partial charge in [-0.05, 0) is 6.92 Å². The Hall–Kier alpha value is -0.0400. The third kappa shape index (κ3) is 1.11. The van der Waals surface area contributed by atoms with Crippen LogP contribution in [0.25, 0.3) is 0 Å². The molecule has 9 heavy (non-hydrogen) atoms. The fourth-order valence-electron chi connectivity index (χ4n) is 1.05. The van der Waals surface area contributed by atoms with Crippen LogP contribution in [0.4, 0.5) is 0 Å². The number of hydrogen-bond acceptors (Lipinski definition) is 1. The van der Waals surface area contributed by atoms with E-state index < -0.39 is 0 Å². The molecular formula is C7H12ClN. The van der Waals surface area contributed by atoms with Crippen molar-refractivity contribution < 1.29 is 0 Å². The predicted molar refractivity (Wildman–Crippen MR) is 41.4 cm³/mol. The Balaban J connectivity index is 2.73. The van der Waals surface area contributed by atoms with Crippen molar-refractivity contribution in [3.63, 3.8) is 0 Å². The number of rotatable bonds is 0. The quantitative estimate of drug-likeness (QED) is 0.463. The van der Waals surface area contributed by atoms with E-state index in [2.05, 4.69) is 18.8 Å². The normalized spacial score (nSPS) is 32.4. The van der Waals surface area contributed by atoms with Crippen molar-refractivity contribution in [3.05, 3.63) is 0 Å². The molecule has 1 aliphatic heterocycles. The Bertz CT molecular complexity index is 149. The minimum atomic E-state index is 0.150. The summed E-state index contributed by atoms with van der Waals surface area (Å²) in [6.45, 7) is 7.16. The van der Waals surface area contributed by atoms with Crippen LogP contribution in [-0.4, -0.2) is 17.6 Å². The van der Waals surface area contributed by atoms with Crippen LogP contribution in [0.3, 0.4) is 0 Å². The summed E-state index contributed by atoms with van der Waals surface area (Å²) in [5, 5.41) is 0.150. The molecule has 0 aromatic rings. The molecule has 0 aromatic heterocycles. The molecule has 0 saturated carbocycles. The predicted octanol–water partition coefficient (Wildman–Crippen LogP) is 2.09. The maximum absolute atomic E-state index is 6.02. The average molecular weight is 146 g/mol. The zero-order valence-corrected chi connectivity index (χ0v) is 6.87. The van der Waals surface area contributed by atoms with Gasteiger partial charge in [-0.3, -0.25) is 4.99 Å². The zero-order valence-electron chi connectivity index (χ0n) is 6.11. The van der Waals surface area contributed by atoms with E-state index >= 15 is 0 Å². The Morgan fingerprint density at radius 3 is 2.33 bits per heavy atom. The number of halogens is 1. The molecule has 0 saturated heterocycles. The van der Waals surface area contributed by atoms with Gasteiger partial charge in [0.1, 0.15) is 0 Å². The Labute approximate surface area is 61.1 Å². The topological polar surface area (TPSA) is 12.4 Å². The molecule has 1 aliphatic rings. The Morgan fingerprint density at radius 1 is 1.67 bits per heavy atom. The van der Waals surface area contributed by atoms with Crippen LogP contribution in [0.2, 0.25) is 0 Å². The lowest BCUT2D eigenvalue weighted by molar-refractivity contribution is 0.428. The van der Waals surface area contributed by atoms with Crippen molar-refractivity contribution in [1.82, 2.24) is 0 Å². The van der Waals surface area contributed by atoms with E-state index in [9.17, 15) is 0 Å². The van der Waals surface area contributed by atoms with Crippen LogP contribution in [0.15, 0.2) is 4.99 Å². The van der Waals surface area contributed by atoms with Gasteiger partial charge >= 0.3 is 0 Å². The van der Waals surface area contributed by atoms with Crippen LogP contribution in [-0.2, 0) is 0 Å². The third-order valence-electron chi connectivity index (χ3n) is 1.79. The SMILES string of the molecule is CC1=NCC(C)(C)C1Cl. The fourth-order valence-corrected chi connectivity index (χ4v) is 1.19. The monoisotopic (exact) mass is 145 g/mol. The second-order valence-electron chi connectivity index (χ2n) is 3.31. The highest BCUT2D eigenvalue weighted by Crippen LogP contribution is 2.31. The van der Waals surface area contributed by atoms with Crippen molar-refractivity contribution in [2.75, 3.05) is 6.54 Å². The first-order valence-electron chi connectivity index (χ1n) is 3.19. The van der Waals surface area contributed by atoms with Crippen molar-refractivity contribution in [2.24, 2.45) is 10.4 Å². The maximum Gasteiger partial charge on any atom is 0.0779 e. The lowest BCUT2D eigenvalue weighted by Gasteiger charge is -2.20. The molecule has 0 amide bonds. The summed E-state index contributed by atoms with van der Waals surface area (Å²) in [6.07, 6.45) is 0. The van der Waals surface area contributed by atoms with Crippen LogP contribution < -0.4 is 0 Å². The maximum atomic E-state index is 6.02. The van der Waals surface area contributed by atoms with Gasteiger partial charge < -0.3 is 0 Å². The van der Waals surface area contributed by atoms with E-state index in [0.29, 0.717) is 0 Å². The molecule has 2 heteroatoms. The first-order valence-corrected chi connectivity index (χ1v) is 3.63. The minimum absolute atomic E-state index is 0.150. The molecule has 1 unspecified atom stereocenters. The summed E-state index contributed by atoms with van der Waals surface area (Å²) in [7, 11) is 0. The molecular weight excluding hydrogens is 134 g/mol. The summed E-state index contributed by atoms with van der Waals surface area (Å²) >= 11 is 6.02. The van der Waals surface area contributed by atoms with Crippen molar-refractivity contribution in [1.29, 1.82) is 0 Å². The van der Waals surface area contributed by atoms with E-state index in [1.165, 1.54) is 0 Å². The number of nitrogens with zero attached hydrogens (tertiary/aromatic N) is 1. The third-order valence-corrected chi connectivity index (χ3v) is 2.70. The molecule has 0 N–H and O–H groups in total. The van der Waals surface area contributed by atoms with Crippen LogP contribution in [0.1, 0.15) is 20.8 Å². The molecule has 1 nitrogen and oxygen atoms in total. The molecule has 52 valence electrons. The second-order valence-corrected chi connectivity index (χ2v) is 3.75. The van der Waals surface area contributed by atoms with Gasteiger partial charge in [0.05, 0.1) is 5.38 Å². The van der Waals surface area contributed by atoms with Gasteiger partial charge in [0, 0.05) is 17.7 Å². The first-order chi connectivity index (χ1) is 4.04. The van der Waals surface area contributed by atoms with Gasteiger partial charge in [-0.2, -0.15) is 0 Å². The molecule has 0 aromatic carbocycles. The summed E-state index contributed by atoms with van der Waals surface area (Å²) in [4.78, 5) is 4.25. The molecule has 0 radical (unpaired) electrons. The largest absolute Gasteiger partial charge is 0.292 e.